The van der Waals surface area contributed by atoms with Crippen LogP contribution >= 0.6 is 11.6 Å². The predicted octanol–water partition coefficient (Wildman–Crippen LogP) is 5.33. The Balaban J connectivity index is 1.57. The molecular formula is C24H30ClN3O2. The standard InChI is InChI=1S/C24H30ClN3O2/c1-17(2)28(16-19-7-5-8-21(25)15-19)23(29)20-10-12-27(13-11-20)24(30)26-22-9-4-6-18(3)14-22/h4-9,14-15,17,20H,10-13,16H2,1-3H3,(H,26,30). The first-order chi connectivity index (χ1) is 14.3. The zero-order valence-electron chi connectivity index (χ0n) is 17.9. The summed E-state index contributed by atoms with van der Waals surface area (Å²) in [7, 11) is 0. The molecule has 0 aromatic heterocycles. The number of anilines is 1. The van der Waals surface area contributed by atoms with E-state index >= 15 is 0 Å². The van der Waals surface area contributed by atoms with Crippen LogP contribution in [-0.2, 0) is 11.3 Å². The Hall–Kier alpha value is -2.53. The summed E-state index contributed by atoms with van der Waals surface area (Å²) in [4.78, 5) is 29.5. The average molecular weight is 428 g/mol. The number of nitrogens with one attached hydrogen (secondary N) is 1. The number of amides is 3. The number of piperidine rings is 1. The van der Waals surface area contributed by atoms with Crippen molar-refractivity contribution in [3.63, 3.8) is 0 Å². The normalized spacial score (nSPS) is 14.6. The van der Waals surface area contributed by atoms with Crippen molar-refractivity contribution < 1.29 is 9.59 Å². The van der Waals surface area contributed by atoms with Gasteiger partial charge < -0.3 is 15.1 Å². The fourth-order valence-electron chi connectivity index (χ4n) is 3.84. The second-order valence-electron chi connectivity index (χ2n) is 8.25. The molecule has 160 valence electrons. The van der Waals surface area contributed by atoms with E-state index in [-0.39, 0.29) is 23.9 Å². The molecule has 1 saturated heterocycles. The third-order valence-corrected chi connectivity index (χ3v) is 5.78. The summed E-state index contributed by atoms with van der Waals surface area (Å²) in [5.41, 5.74) is 2.93. The number of benzene rings is 2. The Bertz CT molecular complexity index is 892. The number of carbonyl (C=O) groups is 2. The fourth-order valence-corrected chi connectivity index (χ4v) is 4.05. The van der Waals surface area contributed by atoms with E-state index in [0.717, 1.165) is 16.8 Å². The maximum Gasteiger partial charge on any atom is 0.321 e. The lowest BCUT2D eigenvalue weighted by atomic mass is 9.94. The van der Waals surface area contributed by atoms with Gasteiger partial charge in [0.25, 0.3) is 0 Å². The molecule has 0 radical (unpaired) electrons. The van der Waals surface area contributed by atoms with Crippen molar-refractivity contribution in [2.45, 2.75) is 46.2 Å². The Kier molecular flexibility index (Phi) is 7.38. The molecular weight excluding hydrogens is 398 g/mol. The highest BCUT2D eigenvalue weighted by molar-refractivity contribution is 6.30. The average Bonchev–Trinajstić information content (AvgIpc) is 2.71. The van der Waals surface area contributed by atoms with Gasteiger partial charge in [0.15, 0.2) is 0 Å². The molecule has 0 aliphatic carbocycles. The zero-order valence-corrected chi connectivity index (χ0v) is 18.7. The number of likely N-dealkylation sites (tertiary alicyclic amines) is 1. The zero-order chi connectivity index (χ0) is 21.7. The number of hydrogen-bond donors (Lipinski definition) is 1. The second kappa shape index (κ2) is 9.98. The van der Waals surface area contributed by atoms with E-state index < -0.39 is 0 Å². The molecule has 0 bridgehead atoms. The van der Waals surface area contributed by atoms with Gasteiger partial charge in [-0.05, 0) is 69.0 Å². The van der Waals surface area contributed by atoms with Gasteiger partial charge in [0.05, 0.1) is 0 Å². The van der Waals surface area contributed by atoms with E-state index in [9.17, 15) is 9.59 Å². The first-order valence-corrected chi connectivity index (χ1v) is 10.9. The number of halogens is 1. The van der Waals surface area contributed by atoms with Crippen LogP contribution in [0.2, 0.25) is 5.02 Å². The van der Waals surface area contributed by atoms with Crippen LogP contribution in [-0.4, -0.2) is 40.9 Å². The Morgan fingerprint density at radius 1 is 1.13 bits per heavy atom. The molecule has 1 aliphatic heterocycles. The predicted molar refractivity (Wildman–Crippen MR) is 122 cm³/mol. The van der Waals surface area contributed by atoms with E-state index in [1.165, 1.54) is 0 Å². The smallest absolute Gasteiger partial charge is 0.321 e. The van der Waals surface area contributed by atoms with Crippen LogP contribution in [0.1, 0.15) is 37.8 Å². The van der Waals surface area contributed by atoms with Crippen LogP contribution in [0.4, 0.5) is 10.5 Å². The Morgan fingerprint density at radius 2 is 1.83 bits per heavy atom. The van der Waals surface area contributed by atoms with Crippen molar-refractivity contribution >= 4 is 29.2 Å². The molecule has 30 heavy (non-hydrogen) atoms. The largest absolute Gasteiger partial charge is 0.336 e. The molecule has 5 nitrogen and oxygen atoms in total. The molecule has 3 amide bonds. The van der Waals surface area contributed by atoms with E-state index in [0.29, 0.717) is 37.5 Å². The van der Waals surface area contributed by atoms with Gasteiger partial charge in [-0.1, -0.05) is 35.9 Å². The van der Waals surface area contributed by atoms with Gasteiger partial charge in [0, 0.05) is 42.3 Å². The van der Waals surface area contributed by atoms with Crippen molar-refractivity contribution in [1.82, 2.24) is 9.80 Å². The minimum absolute atomic E-state index is 0.0606. The third kappa shape index (κ3) is 5.76. The lowest BCUT2D eigenvalue weighted by Crippen LogP contribution is -2.47. The third-order valence-electron chi connectivity index (χ3n) is 5.55. The monoisotopic (exact) mass is 427 g/mol. The Labute approximate surface area is 184 Å². The summed E-state index contributed by atoms with van der Waals surface area (Å²) in [6, 6.07) is 15.4. The van der Waals surface area contributed by atoms with E-state index in [2.05, 4.69) is 5.32 Å². The van der Waals surface area contributed by atoms with Crippen molar-refractivity contribution in [2.24, 2.45) is 5.92 Å². The summed E-state index contributed by atoms with van der Waals surface area (Å²) in [5.74, 6) is 0.0957. The molecule has 0 atom stereocenters. The minimum Gasteiger partial charge on any atom is -0.336 e. The first kappa shape index (κ1) is 22.2. The summed E-state index contributed by atoms with van der Waals surface area (Å²) < 4.78 is 0. The van der Waals surface area contributed by atoms with Crippen LogP contribution in [0.25, 0.3) is 0 Å². The van der Waals surface area contributed by atoms with Crippen molar-refractivity contribution in [1.29, 1.82) is 0 Å². The summed E-state index contributed by atoms with van der Waals surface area (Å²) in [6.07, 6.45) is 1.36. The van der Waals surface area contributed by atoms with Crippen molar-refractivity contribution in [3.05, 3.63) is 64.7 Å². The summed E-state index contributed by atoms with van der Waals surface area (Å²) >= 11 is 6.10. The molecule has 1 aliphatic rings. The number of hydrogen-bond acceptors (Lipinski definition) is 2. The van der Waals surface area contributed by atoms with Crippen molar-refractivity contribution in [3.8, 4) is 0 Å². The fraction of sp³-hybridized carbons (Fsp3) is 0.417. The van der Waals surface area contributed by atoms with Crippen LogP contribution in [0, 0.1) is 12.8 Å². The lowest BCUT2D eigenvalue weighted by molar-refractivity contribution is -0.139. The summed E-state index contributed by atoms with van der Waals surface area (Å²) in [5, 5.41) is 3.63. The topological polar surface area (TPSA) is 52.7 Å². The molecule has 1 heterocycles. The molecule has 1 fully saturated rings. The highest BCUT2D eigenvalue weighted by Crippen LogP contribution is 2.23. The van der Waals surface area contributed by atoms with Gasteiger partial charge in [-0.15, -0.1) is 0 Å². The molecule has 2 aromatic carbocycles. The number of rotatable bonds is 5. The van der Waals surface area contributed by atoms with Crippen LogP contribution in [0.3, 0.4) is 0 Å². The Morgan fingerprint density at radius 3 is 2.47 bits per heavy atom. The second-order valence-corrected chi connectivity index (χ2v) is 8.69. The highest BCUT2D eigenvalue weighted by Gasteiger charge is 2.31. The number of carbonyl (C=O) groups excluding carboxylic acids is 2. The van der Waals surface area contributed by atoms with Crippen LogP contribution in [0.5, 0.6) is 0 Å². The van der Waals surface area contributed by atoms with Crippen LogP contribution in [0.15, 0.2) is 48.5 Å². The van der Waals surface area contributed by atoms with Gasteiger partial charge in [0.2, 0.25) is 5.91 Å². The quantitative estimate of drug-likeness (QED) is 0.701. The van der Waals surface area contributed by atoms with Gasteiger partial charge in [-0.2, -0.15) is 0 Å². The molecule has 0 saturated carbocycles. The number of aryl methyl sites for hydroxylation is 1. The SMILES string of the molecule is Cc1cccc(NC(=O)N2CCC(C(=O)N(Cc3cccc(Cl)c3)C(C)C)CC2)c1. The van der Waals surface area contributed by atoms with Gasteiger partial charge in [-0.3, -0.25) is 4.79 Å². The maximum atomic E-state index is 13.2. The van der Waals surface area contributed by atoms with E-state index in [1.54, 1.807) is 4.90 Å². The molecule has 1 N–H and O–H groups in total. The highest BCUT2D eigenvalue weighted by atomic mass is 35.5. The molecule has 3 rings (SSSR count). The number of nitrogens with zero attached hydrogens (tertiary/aromatic N) is 2. The first-order valence-electron chi connectivity index (χ1n) is 10.5. The minimum atomic E-state index is -0.105. The van der Waals surface area contributed by atoms with Crippen molar-refractivity contribution in [2.75, 3.05) is 18.4 Å². The molecule has 0 unspecified atom stereocenters. The maximum absolute atomic E-state index is 13.2. The number of urea groups is 1. The molecule has 6 heteroatoms. The van der Waals surface area contributed by atoms with Crippen LogP contribution < -0.4 is 5.32 Å². The van der Waals surface area contributed by atoms with E-state index in [1.807, 2.05) is 74.2 Å². The lowest BCUT2D eigenvalue weighted by Gasteiger charge is -2.36. The molecule has 0 spiro atoms. The van der Waals surface area contributed by atoms with Gasteiger partial charge in [-0.25, -0.2) is 4.79 Å². The molecule has 2 aromatic rings. The van der Waals surface area contributed by atoms with Gasteiger partial charge in [0.1, 0.15) is 0 Å². The van der Waals surface area contributed by atoms with E-state index in [4.69, 9.17) is 11.6 Å². The summed E-state index contributed by atoms with van der Waals surface area (Å²) in [6.45, 7) is 7.77. The van der Waals surface area contributed by atoms with Gasteiger partial charge >= 0.3 is 6.03 Å².